The Kier molecular flexibility index (Phi) is 10.9. The predicted octanol–water partition coefficient (Wildman–Crippen LogP) is 3.98. The predicted molar refractivity (Wildman–Crippen MR) is 125 cm³/mol. The second kappa shape index (κ2) is 12.6. The zero-order valence-electron chi connectivity index (χ0n) is 16.7. The van der Waals surface area contributed by atoms with Gasteiger partial charge in [-0.3, -0.25) is 0 Å². The first-order chi connectivity index (χ1) is 13.1. The normalized spacial score (nSPS) is 10.8. The number of benzene rings is 1. The SMILES string of the molecule is CCNC(=NCc1ccc(OC)c(C(=O)OC)c1)NCc1ccc(CC)s1.I. The fraction of sp³-hybridized carbons (Fsp3) is 0.400. The minimum atomic E-state index is -0.424. The fourth-order valence-electron chi connectivity index (χ4n) is 2.51. The molecule has 0 bridgehead atoms. The molecule has 28 heavy (non-hydrogen) atoms. The van der Waals surface area contributed by atoms with Crippen LogP contribution in [-0.2, 0) is 24.2 Å². The number of rotatable bonds is 8. The number of nitrogens with zero attached hydrogens (tertiary/aromatic N) is 1. The van der Waals surface area contributed by atoms with E-state index in [2.05, 4.69) is 34.7 Å². The molecule has 0 aliphatic carbocycles. The number of methoxy groups -OCH3 is 2. The van der Waals surface area contributed by atoms with Crippen molar-refractivity contribution in [2.45, 2.75) is 33.4 Å². The van der Waals surface area contributed by atoms with Crippen LogP contribution in [0.15, 0.2) is 35.3 Å². The second-order valence-electron chi connectivity index (χ2n) is 5.80. The van der Waals surface area contributed by atoms with Gasteiger partial charge in [-0.05, 0) is 43.2 Å². The Morgan fingerprint density at radius 2 is 1.86 bits per heavy atom. The van der Waals surface area contributed by atoms with Gasteiger partial charge in [0.2, 0.25) is 0 Å². The van der Waals surface area contributed by atoms with Gasteiger partial charge in [0.15, 0.2) is 5.96 Å². The largest absolute Gasteiger partial charge is 0.496 e. The van der Waals surface area contributed by atoms with E-state index in [4.69, 9.17) is 9.47 Å². The van der Waals surface area contributed by atoms with Crippen LogP contribution in [0.25, 0.3) is 0 Å². The van der Waals surface area contributed by atoms with Crippen LogP contribution in [0.3, 0.4) is 0 Å². The molecule has 0 radical (unpaired) electrons. The molecule has 1 aromatic heterocycles. The van der Waals surface area contributed by atoms with Crippen LogP contribution in [0, 0.1) is 0 Å². The number of nitrogens with one attached hydrogen (secondary N) is 2. The van der Waals surface area contributed by atoms with Gasteiger partial charge in [-0.2, -0.15) is 0 Å². The maximum absolute atomic E-state index is 11.9. The van der Waals surface area contributed by atoms with E-state index in [0.717, 1.165) is 31.0 Å². The lowest BCUT2D eigenvalue weighted by Crippen LogP contribution is -2.36. The van der Waals surface area contributed by atoms with Crippen molar-refractivity contribution >= 4 is 47.2 Å². The molecule has 0 saturated heterocycles. The van der Waals surface area contributed by atoms with Gasteiger partial charge in [0.25, 0.3) is 0 Å². The standard InChI is InChI=1S/C20H27N3O3S.HI/c1-5-15-8-9-16(27-15)13-23-20(21-6-2)22-12-14-7-10-18(25-3)17(11-14)19(24)26-4;/h7-11H,5-6,12-13H2,1-4H3,(H2,21,22,23);1H. The number of carbonyl (C=O) groups excluding carboxylic acids is 1. The molecule has 0 fully saturated rings. The van der Waals surface area contributed by atoms with Gasteiger partial charge in [-0.1, -0.05) is 13.0 Å². The molecule has 0 spiro atoms. The number of ether oxygens (including phenoxy) is 2. The van der Waals surface area contributed by atoms with E-state index in [1.807, 2.05) is 24.3 Å². The molecular formula is C20H28IN3O3S. The maximum atomic E-state index is 11.9. The maximum Gasteiger partial charge on any atom is 0.341 e. The van der Waals surface area contributed by atoms with Gasteiger partial charge in [0, 0.05) is 16.3 Å². The molecule has 2 aromatic rings. The van der Waals surface area contributed by atoms with E-state index in [1.165, 1.54) is 24.0 Å². The van der Waals surface area contributed by atoms with Gasteiger partial charge in [0.05, 0.1) is 27.3 Å². The molecule has 0 aliphatic heterocycles. The van der Waals surface area contributed by atoms with Gasteiger partial charge >= 0.3 is 5.97 Å². The third kappa shape index (κ3) is 6.97. The van der Waals surface area contributed by atoms with Gasteiger partial charge in [-0.15, -0.1) is 35.3 Å². The number of thiophene rings is 1. The van der Waals surface area contributed by atoms with Crippen LogP contribution in [0.5, 0.6) is 5.75 Å². The van der Waals surface area contributed by atoms with Crippen molar-refractivity contribution in [1.82, 2.24) is 10.6 Å². The Hall–Kier alpha value is -1.81. The molecule has 0 atom stereocenters. The third-order valence-electron chi connectivity index (χ3n) is 3.93. The lowest BCUT2D eigenvalue weighted by atomic mass is 10.1. The van der Waals surface area contributed by atoms with Crippen LogP contribution < -0.4 is 15.4 Å². The van der Waals surface area contributed by atoms with E-state index < -0.39 is 5.97 Å². The first-order valence-electron chi connectivity index (χ1n) is 8.96. The van der Waals surface area contributed by atoms with Crippen molar-refractivity contribution < 1.29 is 14.3 Å². The topological polar surface area (TPSA) is 72.0 Å². The summed E-state index contributed by atoms with van der Waals surface area (Å²) in [6, 6.07) is 9.72. The summed E-state index contributed by atoms with van der Waals surface area (Å²) in [7, 11) is 2.88. The summed E-state index contributed by atoms with van der Waals surface area (Å²) in [6.45, 7) is 6.12. The Morgan fingerprint density at radius 1 is 1.11 bits per heavy atom. The van der Waals surface area contributed by atoms with Crippen molar-refractivity contribution in [3.63, 3.8) is 0 Å². The van der Waals surface area contributed by atoms with Crippen molar-refractivity contribution in [3.8, 4) is 5.75 Å². The average Bonchev–Trinajstić information content (AvgIpc) is 3.17. The van der Waals surface area contributed by atoms with E-state index >= 15 is 0 Å². The Labute approximate surface area is 187 Å². The Bertz CT molecular complexity index is 793. The van der Waals surface area contributed by atoms with Crippen LogP contribution >= 0.6 is 35.3 Å². The molecule has 2 rings (SSSR count). The summed E-state index contributed by atoms with van der Waals surface area (Å²) < 4.78 is 10.0. The van der Waals surface area contributed by atoms with Crippen molar-refractivity contribution in [1.29, 1.82) is 0 Å². The van der Waals surface area contributed by atoms with E-state index in [1.54, 1.807) is 12.1 Å². The summed E-state index contributed by atoms with van der Waals surface area (Å²) in [5, 5.41) is 6.59. The van der Waals surface area contributed by atoms with E-state index in [-0.39, 0.29) is 24.0 Å². The van der Waals surface area contributed by atoms with Gasteiger partial charge < -0.3 is 20.1 Å². The molecule has 0 amide bonds. The number of guanidine groups is 1. The van der Waals surface area contributed by atoms with Crippen LogP contribution in [-0.4, -0.2) is 32.7 Å². The number of hydrogen-bond donors (Lipinski definition) is 2. The fourth-order valence-corrected chi connectivity index (χ4v) is 3.41. The Morgan fingerprint density at radius 3 is 2.46 bits per heavy atom. The molecule has 0 aliphatic rings. The lowest BCUT2D eigenvalue weighted by Gasteiger charge is -2.11. The molecule has 8 heteroatoms. The average molecular weight is 517 g/mol. The quantitative estimate of drug-likeness (QED) is 0.240. The first kappa shape index (κ1) is 24.2. The Balaban J connectivity index is 0.00000392. The van der Waals surface area contributed by atoms with Gasteiger partial charge in [0.1, 0.15) is 11.3 Å². The molecule has 0 unspecified atom stereocenters. The molecule has 154 valence electrons. The van der Waals surface area contributed by atoms with E-state index in [0.29, 0.717) is 17.9 Å². The highest BCUT2D eigenvalue weighted by Gasteiger charge is 2.13. The van der Waals surface area contributed by atoms with Gasteiger partial charge in [-0.25, -0.2) is 9.79 Å². The third-order valence-corrected chi connectivity index (χ3v) is 5.16. The number of esters is 1. The highest BCUT2D eigenvalue weighted by Crippen LogP contribution is 2.21. The highest BCUT2D eigenvalue weighted by atomic mass is 127. The molecule has 0 saturated carbocycles. The monoisotopic (exact) mass is 517 g/mol. The zero-order chi connectivity index (χ0) is 19.6. The molecular weight excluding hydrogens is 489 g/mol. The number of halogens is 1. The summed E-state index contributed by atoms with van der Waals surface area (Å²) in [5.74, 6) is 0.801. The first-order valence-corrected chi connectivity index (χ1v) is 9.77. The van der Waals surface area contributed by atoms with Crippen LogP contribution in [0.4, 0.5) is 0 Å². The van der Waals surface area contributed by atoms with Crippen LogP contribution in [0.1, 0.15) is 39.5 Å². The number of aryl methyl sites for hydroxylation is 1. The summed E-state index contributed by atoms with van der Waals surface area (Å²) in [4.78, 5) is 19.2. The number of carbonyl (C=O) groups is 1. The summed E-state index contributed by atoms with van der Waals surface area (Å²) >= 11 is 1.81. The zero-order valence-corrected chi connectivity index (χ0v) is 19.9. The molecule has 2 N–H and O–H groups in total. The minimum Gasteiger partial charge on any atom is -0.496 e. The highest BCUT2D eigenvalue weighted by molar-refractivity contribution is 14.0. The minimum absolute atomic E-state index is 0. The lowest BCUT2D eigenvalue weighted by molar-refractivity contribution is 0.0597. The van der Waals surface area contributed by atoms with Crippen LogP contribution in [0.2, 0.25) is 0 Å². The smallest absolute Gasteiger partial charge is 0.341 e. The second-order valence-corrected chi connectivity index (χ2v) is 7.05. The van der Waals surface area contributed by atoms with E-state index in [9.17, 15) is 4.79 Å². The summed E-state index contributed by atoms with van der Waals surface area (Å²) in [6.07, 6.45) is 1.05. The van der Waals surface area contributed by atoms with Crippen molar-refractivity contribution in [2.75, 3.05) is 20.8 Å². The molecule has 6 nitrogen and oxygen atoms in total. The summed E-state index contributed by atoms with van der Waals surface area (Å²) in [5.41, 5.74) is 1.30. The number of hydrogen-bond acceptors (Lipinski definition) is 5. The molecule has 1 aromatic carbocycles. The number of aliphatic imine (C=N–C) groups is 1. The van der Waals surface area contributed by atoms with Crippen molar-refractivity contribution in [3.05, 3.63) is 51.2 Å². The molecule has 1 heterocycles. The van der Waals surface area contributed by atoms with Crippen molar-refractivity contribution in [2.24, 2.45) is 4.99 Å².